The predicted molar refractivity (Wildman–Crippen MR) is 66.0 cm³/mol. The molecule has 0 aliphatic heterocycles. The molecule has 3 nitrogen and oxygen atoms in total. The van der Waals surface area contributed by atoms with E-state index in [1.807, 2.05) is 12.1 Å². The van der Waals surface area contributed by atoms with E-state index in [0.717, 1.165) is 5.69 Å². The zero-order valence-electron chi connectivity index (χ0n) is 9.53. The maximum Gasteiger partial charge on any atom is 0.101 e. The summed E-state index contributed by atoms with van der Waals surface area (Å²) in [6, 6.07) is 8.14. The lowest BCUT2D eigenvalue weighted by Crippen LogP contribution is -2.22. The number of nitrogen functional groups attached to an aromatic ring is 1. The maximum absolute atomic E-state index is 9.04. The zero-order chi connectivity index (χ0) is 11.5. The number of rotatable bonds is 2. The number of anilines is 2. The zero-order valence-corrected chi connectivity index (χ0v) is 9.53. The maximum atomic E-state index is 9.04. The van der Waals surface area contributed by atoms with E-state index in [0.29, 0.717) is 23.2 Å². The van der Waals surface area contributed by atoms with Crippen molar-refractivity contribution in [3.8, 4) is 6.07 Å². The van der Waals surface area contributed by atoms with Gasteiger partial charge in [-0.05, 0) is 37.0 Å². The van der Waals surface area contributed by atoms with Crippen LogP contribution in [0.5, 0.6) is 0 Å². The van der Waals surface area contributed by atoms with Gasteiger partial charge in [0.2, 0.25) is 0 Å². The normalized spacial score (nSPS) is 24.0. The van der Waals surface area contributed by atoms with Crippen molar-refractivity contribution >= 4 is 11.4 Å². The molecule has 1 saturated carbocycles. The van der Waals surface area contributed by atoms with Gasteiger partial charge in [0.05, 0.1) is 11.3 Å². The monoisotopic (exact) mass is 215 g/mol. The Labute approximate surface area is 96.3 Å². The summed E-state index contributed by atoms with van der Waals surface area (Å²) in [5.74, 6) is 0.684. The molecule has 84 valence electrons. The van der Waals surface area contributed by atoms with Crippen LogP contribution < -0.4 is 11.1 Å². The van der Waals surface area contributed by atoms with Gasteiger partial charge in [-0.15, -0.1) is 0 Å². The Kier molecular flexibility index (Phi) is 3.00. The van der Waals surface area contributed by atoms with Crippen LogP contribution in [-0.4, -0.2) is 6.04 Å². The fraction of sp³-hybridized carbons (Fsp3) is 0.462. The third-order valence-corrected chi connectivity index (χ3v) is 3.37. The molecule has 1 fully saturated rings. The fourth-order valence-electron chi connectivity index (χ4n) is 2.34. The van der Waals surface area contributed by atoms with Gasteiger partial charge in [0.1, 0.15) is 6.07 Å². The van der Waals surface area contributed by atoms with Crippen LogP contribution in [0.4, 0.5) is 11.4 Å². The van der Waals surface area contributed by atoms with E-state index in [1.54, 1.807) is 6.07 Å². The van der Waals surface area contributed by atoms with Crippen molar-refractivity contribution in [3.63, 3.8) is 0 Å². The van der Waals surface area contributed by atoms with Gasteiger partial charge < -0.3 is 11.1 Å². The van der Waals surface area contributed by atoms with Gasteiger partial charge in [-0.3, -0.25) is 0 Å². The molecule has 1 aliphatic carbocycles. The minimum absolute atomic E-state index is 0.496. The Balaban J connectivity index is 2.18. The van der Waals surface area contributed by atoms with Crippen molar-refractivity contribution < 1.29 is 0 Å². The standard InChI is InChI=1S/C13H17N3/c1-9-3-2-4-12(9)16-13-6-5-11(15)7-10(13)8-14/h5-7,9,12,16H,2-4,15H2,1H3. The molecule has 0 spiro atoms. The van der Waals surface area contributed by atoms with E-state index in [1.165, 1.54) is 19.3 Å². The van der Waals surface area contributed by atoms with Crippen LogP contribution in [0, 0.1) is 17.2 Å². The first kappa shape index (κ1) is 10.8. The van der Waals surface area contributed by atoms with Crippen LogP contribution >= 0.6 is 0 Å². The van der Waals surface area contributed by atoms with E-state index >= 15 is 0 Å². The number of nitrogens with two attached hydrogens (primary N) is 1. The van der Waals surface area contributed by atoms with Crippen LogP contribution in [-0.2, 0) is 0 Å². The van der Waals surface area contributed by atoms with Crippen molar-refractivity contribution in [2.75, 3.05) is 11.1 Å². The lowest BCUT2D eigenvalue weighted by Gasteiger charge is -2.19. The van der Waals surface area contributed by atoms with E-state index in [-0.39, 0.29) is 0 Å². The second kappa shape index (κ2) is 4.44. The van der Waals surface area contributed by atoms with E-state index in [9.17, 15) is 0 Å². The third-order valence-electron chi connectivity index (χ3n) is 3.37. The van der Waals surface area contributed by atoms with Gasteiger partial charge in [0, 0.05) is 11.7 Å². The summed E-state index contributed by atoms with van der Waals surface area (Å²) in [7, 11) is 0. The fourth-order valence-corrected chi connectivity index (χ4v) is 2.34. The van der Waals surface area contributed by atoms with E-state index in [2.05, 4.69) is 18.3 Å². The molecule has 0 amide bonds. The number of nitrogens with zero attached hydrogens (tertiary/aromatic N) is 1. The van der Waals surface area contributed by atoms with Crippen molar-refractivity contribution in [1.82, 2.24) is 0 Å². The van der Waals surface area contributed by atoms with Gasteiger partial charge in [-0.2, -0.15) is 5.26 Å². The van der Waals surface area contributed by atoms with Gasteiger partial charge in [0.15, 0.2) is 0 Å². The minimum atomic E-state index is 0.496. The Morgan fingerprint density at radius 1 is 1.44 bits per heavy atom. The summed E-state index contributed by atoms with van der Waals surface area (Å²) >= 11 is 0. The molecule has 0 saturated heterocycles. The smallest absolute Gasteiger partial charge is 0.101 e. The van der Waals surface area contributed by atoms with Gasteiger partial charge >= 0.3 is 0 Å². The number of hydrogen-bond donors (Lipinski definition) is 2. The third kappa shape index (κ3) is 2.11. The Bertz CT molecular complexity index is 420. The second-order valence-electron chi connectivity index (χ2n) is 4.58. The highest BCUT2D eigenvalue weighted by molar-refractivity contribution is 5.63. The molecule has 0 radical (unpaired) electrons. The quantitative estimate of drug-likeness (QED) is 0.746. The molecular weight excluding hydrogens is 198 g/mol. The van der Waals surface area contributed by atoms with Gasteiger partial charge in [-0.1, -0.05) is 13.3 Å². The molecular formula is C13H17N3. The second-order valence-corrected chi connectivity index (χ2v) is 4.58. The van der Waals surface area contributed by atoms with Crippen molar-refractivity contribution in [3.05, 3.63) is 23.8 Å². The molecule has 1 aliphatic rings. The molecule has 2 rings (SSSR count). The highest BCUT2D eigenvalue weighted by Gasteiger charge is 2.23. The molecule has 1 aromatic rings. The van der Waals surface area contributed by atoms with Crippen LogP contribution in [0.25, 0.3) is 0 Å². The summed E-state index contributed by atoms with van der Waals surface area (Å²) in [6.45, 7) is 2.26. The summed E-state index contributed by atoms with van der Waals surface area (Å²) < 4.78 is 0. The molecule has 0 bridgehead atoms. The lowest BCUT2D eigenvalue weighted by atomic mass is 10.1. The van der Waals surface area contributed by atoms with Crippen molar-refractivity contribution in [2.24, 2.45) is 5.92 Å². The number of nitrogens with one attached hydrogen (secondary N) is 1. The average Bonchev–Trinajstić information content (AvgIpc) is 2.67. The molecule has 2 unspecified atom stereocenters. The Morgan fingerprint density at radius 2 is 2.25 bits per heavy atom. The highest BCUT2D eigenvalue weighted by Crippen LogP contribution is 2.29. The molecule has 16 heavy (non-hydrogen) atoms. The molecule has 2 atom stereocenters. The van der Waals surface area contributed by atoms with Crippen LogP contribution in [0.15, 0.2) is 18.2 Å². The number of nitriles is 1. The Morgan fingerprint density at radius 3 is 2.88 bits per heavy atom. The summed E-state index contributed by atoms with van der Waals surface area (Å²) in [5.41, 5.74) is 7.85. The van der Waals surface area contributed by atoms with Gasteiger partial charge in [-0.25, -0.2) is 0 Å². The predicted octanol–water partition coefficient (Wildman–Crippen LogP) is 2.74. The first-order valence-corrected chi connectivity index (χ1v) is 5.77. The average molecular weight is 215 g/mol. The minimum Gasteiger partial charge on any atom is -0.399 e. The summed E-state index contributed by atoms with van der Waals surface area (Å²) in [5, 5.41) is 12.5. The van der Waals surface area contributed by atoms with Crippen molar-refractivity contribution in [1.29, 1.82) is 5.26 Å². The SMILES string of the molecule is CC1CCCC1Nc1ccc(N)cc1C#N. The largest absolute Gasteiger partial charge is 0.399 e. The molecule has 3 N–H and O–H groups in total. The van der Waals surface area contributed by atoms with Gasteiger partial charge in [0.25, 0.3) is 0 Å². The number of hydrogen-bond acceptors (Lipinski definition) is 3. The van der Waals surface area contributed by atoms with E-state index < -0.39 is 0 Å². The molecule has 3 heteroatoms. The van der Waals surface area contributed by atoms with Crippen LogP contribution in [0.1, 0.15) is 31.7 Å². The molecule has 0 heterocycles. The summed E-state index contributed by atoms with van der Waals surface area (Å²) in [6.07, 6.45) is 3.74. The van der Waals surface area contributed by atoms with Crippen molar-refractivity contribution in [2.45, 2.75) is 32.2 Å². The number of benzene rings is 1. The Hall–Kier alpha value is -1.69. The topological polar surface area (TPSA) is 61.8 Å². The van der Waals surface area contributed by atoms with E-state index in [4.69, 9.17) is 11.0 Å². The van der Waals surface area contributed by atoms with Crippen LogP contribution in [0.3, 0.4) is 0 Å². The molecule has 1 aromatic carbocycles. The highest BCUT2D eigenvalue weighted by atomic mass is 14.9. The molecule has 0 aromatic heterocycles. The van der Waals surface area contributed by atoms with Crippen LogP contribution in [0.2, 0.25) is 0 Å². The summed E-state index contributed by atoms with van der Waals surface area (Å²) in [4.78, 5) is 0. The lowest BCUT2D eigenvalue weighted by molar-refractivity contribution is 0.556. The first-order chi connectivity index (χ1) is 7.70. The first-order valence-electron chi connectivity index (χ1n) is 5.77.